The zero-order valence-electron chi connectivity index (χ0n) is 19.2. The summed E-state index contributed by atoms with van der Waals surface area (Å²) in [6.07, 6.45) is 4.88. The van der Waals surface area contributed by atoms with Gasteiger partial charge in [-0.25, -0.2) is 9.48 Å². The van der Waals surface area contributed by atoms with Crippen LogP contribution in [0.15, 0.2) is 36.7 Å². The smallest absolute Gasteiger partial charge is 0.408 e. The van der Waals surface area contributed by atoms with Gasteiger partial charge in [-0.2, -0.15) is 5.10 Å². The molecule has 8 nitrogen and oxygen atoms in total. The zero-order chi connectivity index (χ0) is 23.1. The standard InChI is InChI=1S/C24H30N4O4/c1-23(2,3)32-22(30)26-24(4,5)15-8-10-18(25-13-15)16-9-11-19-17(21(16)29)14-28(27-19)20-7-6-12-31-20/h8-11,13-14,20,29H,6-7,12H2,1-5H3,(H,26,30). The Bertz CT molecular complexity index is 1120. The van der Waals surface area contributed by atoms with Gasteiger partial charge >= 0.3 is 6.09 Å². The number of phenols is 1. The fraction of sp³-hybridized carbons (Fsp3) is 0.458. The van der Waals surface area contributed by atoms with Gasteiger partial charge in [0, 0.05) is 24.6 Å². The summed E-state index contributed by atoms with van der Waals surface area (Å²) in [5.74, 6) is 0.137. The number of alkyl carbamates (subject to hydrolysis) is 1. The monoisotopic (exact) mass is 438 g/mol. The van der Waals surface area contributed by atoms with Gasteiger partial charge in [0.25, 0.3) is 0 Å². The molecule has 0 aliphatic carbocycles. The van der Waals surface area contributed by atoms with Crippen molar-refractivity contribution in [2.75, 3.05) is 6.61 Å². The molecule has 170 valence electrons. The first kappa shape index (κ1) is 22.1. The molecule has 1 fully saturated rings. The molecule has 8 heteroatoms. The molecule has 1 saturated heterocycles. The van der Waals surface area contributed by atoms with Crippen LogP contribution in [0.2, 0.25) is 0 Å². The summed E-state index contributed by atoms with van der Waals surface area (Å²) < 4.78 is 12.8. The van der Waals surface area contributed by atoms with Crippen molar-refractivity contribution in [3.05, 3.63) is 42.2 Å². The van der Waals surface area contributed by atoms with Crippen LogP contribution >= 0.6 is 0 Å². The molecule has 1 atom stereocenters. The highest BCUT2D eigenvalue weighted by atomic mass is 16.6. The summed E-state index contributed by atoms with van der Waals surface area (Å²) >= 11 is 0. The molecule has 2 N–H and O–H groups in total. The molecule has 0 spiro atoms. The Morgan fingerprint density at radius 3 is 2.62 bits per heavy atom. The molecule has 1 amide bonds. The molecule has 0 saturated carbocycles. The van der Waals surface area contributed by atoms with Crippen molar-refractivity contribution < 1.29 is 19.4 Å². The van der Waals surface area contributed by atoms with Crippen LogP contribution in [-0.4, -0.2) is 38.2 Å². The molecule has 0 bridgehead atoms. The Kier molecular flexibility index (Phi) is 5.58. The number of fused-ring (bicyclic) bond motifs is 1. The second-order valence-corrected chi connectivity index (χ2v) is 9.66. The fourth-order valence-electron chi connectivity index (χ4n) is 3.77. The Morgan fingerprint density at radius 1 is 1.22 bits per heavy atom. The maximum atomic E-state index is 12.2. The Labute approximate surface area is 187 Å². The second-order valence-electron chi connectivity index (χ2n) is 9.66. The highest BCUT2D eigenvalue weighted by Gasteiger charge is 2.27. The van der Waals surface area contributed by atoms with Gasteiger partial charge in [0.15, 0.2) is 0 Å². The van der Waals surface area contributed by atoms with Gasteiger partial charge in [-0.15, -0.1) is 0 Å². The second kappa shape index (κ2) is 8.09. The van der Waals surface area contributed by atoms with Crippen LogP contribution in [-0.2, 0) is 15.0 Å². The Hall–Kier alpha value is -3.13. The number of nitrogens with zero attached hydrogens (tertiary/aromatic N) is 3. The summed E-state index contributed by atoms with van der Waals surface area (Å²) in [7, 11) is 0. The molecule has 1 unspecified atom stereocenters. The lowest BCUT2D eigenvalue weighted by molar-refractivity contribution is 0.0468. The molecule has 1 aliphatic rings. The number of amides is 1. The maximum Gasteiger partial charge on any atom is 0.408 e. The fourth-order valence-corrected chi connectivity index (χ4v) is 3.77. The number of hydrogen-bond acceptors (Lipinski definition) is 6. The molecular weight excluding hydrogens is 408 g/mol. The van der Waals surface area contributed by atoms with E-state index in [0.29, 0.717) is 22.2 Å². The van der Waals surface area contributed by atoms with E-state index in [1.165, 1.54) is 0 Å². The minimum Gasteiger partial charge on any atom is -0.506 e. The average molecular weight is 439 g/mol. The molecular formula is C24H30N4O4. The molecule has 3 aromatic rings. The van der Waals surface area contributed by atoms with Gasteiger partial charge < -0.3 is 19.9 Å². The minimum atomic E-state index is -0.678. The largest absolute Gasteiger partial charge is 0.506 e. The highest BCUT2D eigenvalue weighted by molar-refractivity contribution is 5.91. The summed E-state index contributed by atoms with van der Waals surface area (Å²) in [6.45, 7) is 9.97. The number of aromatic hydroxyl groups is 1. The van der Waals surface area contributed by atoms with Gasteiger partial charge in [-0.1, -0.05) is 6.07 Å². The van der Waals surface area contributed by atoms with E-state index < -0.39 is 17.2 Å². The maximum absolute atomic E-state index is 12.2. The number of nitrogens with one attached hydrogen (secondary N) is 1. The van der Waals surface area contributed by atoms with E-state index in [-0.39, 0.29) is 12.0 Å². The quantitative estimate of drug-likeness (QED) is 0.603. The van der Waals surface area contributed by atoms with Crippen molar-refractivity contribution in [2.24, 2.45) is 0 Å². The van der Waals surface area contributed by atoms with Gasteiger partial charge in [-0.3, -0.25) is 4.98 Å². The van der Waals surface area contributed by atoms with Gasteiger partial charge in [0.1, 0.15) is 17.6 Å². The third kappa shape index (κ3) is 4.55. The lowest BCUT2D eigenvalue weighted by Gasteiger charge is -2.29. The van der Waals surface area contributed by atoms with Crippen LogP contribution in [0.5, 0.6) is 5.75 Å². The number of benzene rings is 1. The number of ether oxygens (including phenoxy) is 2. The molecule has 32 heavy (non-hydrogen) atoms. The first-order valence-electron chi connectivity index (χ1n) is 10.8. The van der Waals surface area contributed by atoms with Crippen molar-refractivity contribution in [1.82, 2.24) is 20.1 Å². The molecule has 2 aromatic heterocycles. The lowest BCUT2D eigenvalue weighted by atomic mass is 9.95. The highest BCUT2D eigenvalue weighted by Crippen LogP contribution is 2.36. The van der Waals surface area contributed by atoms with Crippen LogP contribution < -0.4 is 5.32 Å². The third-order valence-corrected chi connectivity index (χ3v) is 5.45. The van der Waals surface area contributed by atoms with Crippen LogP contribution in [0, 0.1) is 0 Å². The number of rotatable bonds is 4. The Morgan fingerprint density at radius 2 is 2.00 bits per heavy atom. The lowest BCUT2D eigenvalue weighted by Crippen LogP contribution is -2.43. The van der Waals surface area contributed by atoms with E-state index in [4.69, 9.17) is 9.47 Å². The predicted molar refractivity (Wildman–Crippen MR) is 121 cm³/mol. The van der Waals surface area contributed by atoms with Crippen molar-refractivity contribution >= 4 is 17.0 Å². The molecule has 4 rings (SSSR count). The van der Waals surface area contributed by atoms with Gasteiger partial charge in [-0.05, 0) is 71.2 Å². The van der Waals surface area contributed by atoms with Crippen molar-refractivity contribution in [3.8, 4) is 17.0 Å². The number of carbonyl (C=O) groups excluding carboxylic acids is 1. The van der Waals surface area contributed by atoms with Crippen molar-refractivity contribution in [3.63, 3.8) is 0 Å². The summed E-state index contributed by atoms with van der Waals surface area (Å²) in [4.78, 5) is 16.7. The van der Waals surface area contributed by atoms with Crippen LogP contribution in [0.4, 0.5) is 4.79 Å². The molecule has 1 aliphatic heterocycles. The van der Waals surface area contributed by atoms with Gasteiger partial charge in [0.05, 0.1) is 22.1 Å². The molecule has 1 aromatic carbocycles. The Balaban J connectivity index is 1.57. The molecule has 3 heterocycles. The number of aromatic nitrogens is 3. The minimum absolute atomic E-state index is 0.0811. The van der Waals surface area contributed by atoms with E-state index in [0.717, 1.165) is 25.0 Å². The van der Waals surface area contributed by atoms with Crippen molar-refractivity contribution in [1.29, 1.82) is 0 Å². The molecule has 0 radical (unpaired) electrons. The number of carbonyl (C=O) groups is 1. The summed E-state index contributed by atoms with van der Waals surface area (Å²) in [6, 6.07) is 7.41. The van der Waals surface area contributed by atoms with Crippen LogP contribution in [0.25, 0.3) is 22.2 Å². The number of hydrogen-bond donors (Lipinski definition) is 2. The third-order valence-electron chi connectivity index (χ3n) is 5.45. The zero-order valence-corrected chi connectivity index (χ0v) is 19.2. The first-order chi connectivity index (χ1) is 15.0. The van der Waals surface area contributed by atoms with E-state index in [1.54, 1.807) is 10.9 Å². The average Bonchev–Trinajstić information content (AvgIpc) is 3.36. The topological polar surface area (TPSA) is 98.5 Å². The normalized spacial score (nSPS) is 17.0. The van der Waals surface area contributed by atoms with E-state index in [2.05, 4.69) is 15.4 Å². The SMILES string of the molecule is CC(C)(C)OC(=O)NC(C)(C)c1ccc(-c2ccc3nn(C4CCCO4)cc3c2O)nc1. The number of pyridine rings is 1. The van der Waals surface area contributed by atoms with Crippen molar-refractivity contribution in [2.45, 2.75) is 64.8 Å². The van der Waals surface area contributed by atoms with Gasteiger partial charge in [0.2, 0.25) is 0 Å². The predicted octanol–water partition coefficient (Wildman–Crippen LogP) is 4.87. The van der Waals surface area contributed by atoms with E-state index in [1.807, 2.05) is 65.1 Å². The summed E-state index contributed by atoms with van der Waals surface area (Å²) in [5.41, 5.74) is 1.53. The van der Waals surface area contributed by atoms with Crippen LogP contribution in [0.3, 0.4) is 0 Å². The number of phenolic OH excluding ortho intramolecular Hbond substituents is 1. The van der Waals surface area contributed by atoms with E-state index >= 15 is 0 Å². The van der Waals surface area contributed by atoms with Crippen LogP contribution in [0.1, 0.15) is 59.3 Å². The first-order valence-corrected chi connectivity index (χ1v) is 10.8. The van der Waals surface area contributed by atoms with E-state index in [9.17, 15) is 9.90 Å². The summed E-state index contributed by atoms with van der Waals surface area (Å²) in [5, 5.41) is 19.0.